The largest absolute Gasteiger partial charge is 0.497 e. The number of rotatable bonds is 5. The summed E-state index contributed by atoms with van der Waals surface area (Å²) in [5, 5.41) is 3.56. The first-order chi connectivity index (χ1) is 12.3. The number of anilines is 2. The summed E-state index contributed by atoms with van der Waals surface area (Å²) < 4.78 is 5.36. The molecule has 1 aliphatic heterocycles. The Balaban J connectivity index is 1.42. The number of ether oxygens (including phenoxy) is 1. The molecule has 3 aliphatic rings. The van der Waals surface area contributed by atoms with Gasteiger partial charge in [-0.3, -0.25) is 0 Å². The van der Waals surface area contributed by atoms with E-state index in [-0.39, 0.29) is 0 Å². The van der Waals surface area contributed by atoms with E-state index in [9.17, 15) is 0 Å². The van der Waals surface area contributed by atoms with Crippen molar-refractivity contribution in [3.8, 4) is 5.75 Å². The van der Waals surface area contributed by atoms with Gasteiger partial charge in [0.2, 0.25) is 0 Å². The Kier molecular flexibility index (Phi) is 3.54. The summed E-state index contributed by atoms with van der Waals surface area (Å²) in [6.45, 7) is 1.90. The van der Waals surface area contributed by atoms with Gasteiger partial charge in [0.15, 0.2) is 0 Å². The van der Waals surface area contributed by atoms with Crippen molar-refractivity contribution in [1.82, 2.24) is 9.97 Å². The summed E-state index contributed by atoms with van der Waals surface area (Å²) in [5.41, 5.74) is 2.76. The fraction of sp³-hybridized carbons (Fsp3) is 0.500. The van der Waals surface area contributed by atoms with E-state index in [0.717, 1.165) is 42.7 Å². The zero-order valence-corrected chi connectivity index (χ0v) is 14.7. The van der Waals surface area contributed by atoms with E-state index in [0.29, 0.717) is 12.0 Å². The molecule has 2 saturated carbocycles. The van der Waals surface area contributed by atoms with Gasteiger partial charge in [0.25, 0.3) is 0 Å². The van der Waals surface area contributed by atoms with E-state index in [1.807, 2.05) is 0 Å². The van der Waals surface area contributed by atoms with Crippen LogP contribution in [0.5, 0.6) is 5.75 Å². The van der Waals surface area contributed by atoms with Gasteiger partial charge in [0.05, 0.1) is 7.11 Å². The van der Waals surface area contributed by atoms with Crippen LogP contribution in [0.1, 0.15) is 48.6 Å². The van der Waals surface area contributed by atoms with E-state index in [4.69, 9.17) is 14.7 Å². The molecule has 0 atom stereocenters. The zero-order valence-electron chi connectivity index (χ0n) is 14.7. The molecule has 5 heteroatoms. The number of benzene rings is 1. The molecule has 25 heavy (non-hydrogen) atoms. The van der Waals surface area contributed by atoms with Crippen LogP contribution in [0.2, 0.25) is 0 Å². The van der Waals surface area contributed by atoms with Crippen molar-refractivity contribution in [1.29, 1.82) is 0 Å². The molecule has 2 aromatic rings. The first-order valence-electron chi connectivity index (χ1n) is 9.35. The average molecular weight is 336 g/mol. The van der Waals surface area contributed by atoms with Crippen LogP contribution in [0.15, 0.2) is 24.3 Å². The van der Waals surface area contributed by atoms with Crippen LogP contribution in [-0.4, -0.2) is 29.7 Å². The van der Waals surface area contributed by atoms with E-state index in [2.05, 4.69) is 34.5 Å². The molecule has 0 unspecified atom stereocenters. The normalized spacial score (nSPS) is 19.5. The molecule has 1 N–H and O–H groups in total. The van der Waals surface area contributed by atoms with Crippen LogP contribution in [0, 0.1) is 0 Å². The Bertz CT molecular complexity index is 798. The number of aromatic nitrogens is 2. The molecule has 130 valence electrons. The van der Waals surface area contributed by atoms with Crippen molar-refractivity contribution < 1.29 is 4.74 Å². The molecular formula is C20H24N4O. The first-order valence-corrected chi connectivity index (χ1v) is 9.35. The van der Waals surface area contributed by atoms with Crippen LogP contribution < -0.4 is 15.0 Å². The molecule has 0 amide bonds. The summed E-state index contributed by atoms with van der Waals surface area (Å²) in [4.78, 5) is 12.1. The summed E-state index contributed by atoms with van der Waals surface area (Å²) in [7, 11) is 1.73. The first kappa shape index (κ1) is 15.0. The molecular weight excluding hydrogens is 312 g/mol. The number of fused-ring (bicyclic) bond motifs is 1. The summed E-state index contributed by atoms with van der Waals surface area (Å²) in [6, 6.07) is 9.16. The minimum absolute atomic E-state index is 0.570. The predicted molar refractivity (Wildman–Crippen MR) is 98.4 cm³/mol. The zero-order chi connectivity index (χ0) is 16.8. The number of methoxy groups -OCH3 is 1. The van der Waals surface area contributed by atoms with Crippen LogP contribution in [0.3, 0.4) is 0 Å². The number of hydrogen-bond acceptors (Lipinski definition) is 5. The maximum atomic E-state index is 5.36. The van der Waals surface area contributed by atoms with Crippen molar-refractivity contribution in [2.75, 3.05) is 23.9 Å². The molecule has 0 spiro atoms. The maximum Gasteiger partial charge on any atom is 0.136 e. The smallest absolute Gasteiger partial charge is 0.136 e. The van der Waals surface area contributed by atoms with Crippen LogP contribution in [-0.2, 0) is 13.0 Å². The minimum atomic E-state index is 0.570. The predicted octanol–water partition coefficient (Wildman–Crippen LogP) is 3.50. The molecule has 0 bridgehead atoms. The quantitative estimate of drug-likeness (QED) is 0.906. The van der Waals surface area contributed by atoms with Gasteiger partial charge < -0.3 is 15.0 Å². The molecule has 0 saturated heterocycles. The SMILES string of the molecule is COc1ccc2c(c1)CCN(c1cc(NC3CC3)nc(C3CC3)n1)C2. The van der Waals surface area contributed by atoms with Crippen molar-refractivity contribution in [2.24, 2.45) is 0 Å². The topological polar surface area (TPSA) is 50.3 Å². The number of hydrogen-bond donors (Lipinski definition) is 1. The molecule has 2 heterocycles. The van der Waals surface area contributed by atoms with Gasteiger partial charge in [-0.2, -0.15) is 0 Å². The lowest BCUT2D eigenvalue weighted by Crippen LogP contribution is -2.31. The van der Waals surface area contributed by atoms with E-state index in [1.54, 1.807) is 7.11 Å². The molecule has 2 fully saturated rings. The summed E-state index contributed by atoms with van der Waals surface area (Å²) in [5.74, 6) is 4.62. The Labute approximate surface area is 148 Å². The third-order valence-electron chi connectivity index (χ3n) is 5.35. The van der Waals surface area contributed by atoms with Gasteiger partial charge in [0.1, 0.15) is 23.2 Å². The van der Waals surface area contributed by atoms with Gasteiger partial charge in [-0.1, -0.05) is 6.07 Å². The van der Waals surface area contributed by atoms with E-state index in [1.165, 1.54) is 36.8 Å². The van der Waals surface area contributed by atoms with Crippen LogP contribution >= 0.6 is 0 Å². The van der Waals surface area contributed by atoms with Gasteiger partial charge in [-0.05, 0) is 55.4 Å². The lowest BCUT2D eigenvalue weighted by atomic mass is 9.99. The Morgan fingerprint density at radius 2 is 1.96 bits per heavy atom. The highest BCUT2D eigenvalue weighted by atomic mass is 16.5. The minimum Gasteiger partial charge on any atom is -0.497 e. The van der Waals surface area contributed by atoms with Gasteiger partial charge in [-0.15, -0.1) is 0 Å². The highest BCUT2D eigenvalue weighted by Crippen LogP contribution is 2.40. The Morgan fingerprint density at radius 3 is 2.72 bits per heavy atom. The van der Waals surface area contributed by atoms with Crippen LogP contribution in [0.4, 0.5) is 11.6 Å². The fourth-order valence-electron chi connectivity index (χ4n) is 3.50. The molecule has 5 nitrogen and oxygen atoms in total. The number of nitrogens with one attached hydrogen (secondary N) is 1. The van der Waals surface area contributed by atoms with Gasteiger partial charge >= 0.3 is 0 Å². The lowest BCUT2D eigenvalue weighted by Gasteiger charge is -2.30. The van der Waals surface area contributed by atoms with Crippen molar-refractivity contribution in [3.63, 3.8) is 0 Å². The van der Waals surface area contributed by atoms with E-state index < -0.39 is 0 Å². The maximum absolute atomic E-state index is 5.36. The van der Waals surface area contributed by atoms with Crippen molar-refractivity contribution in [3.05, 3.63) is 41.2 Å². The van der Waals surface area contributed by atoms with Crippen molar-refractivity contribution in [2.45, 2.75) is 50.6 Å². The molecule has 2 aliphatic carbocycles. The second kappa shape index (κ2) is 5.90. The average Bonchev–Trinajstić information content (AvgIpc) is 3.54. The van der Waals surface area contributed by atoms with Crippen LogP contribution in [0.25, 0.3) is 0 Å². The third kappa shape index (κ3) is 3.15. The molecule has 0 radical (unpaired) electrons. The monoisotopic (exact) mass is 336 g/mol. The third-order valence-corrected chi connectivity index (χ3v) is 5.35. The Hall–Kier alpha value is -2.30. The summed E-state index contributed by atoms with van der Waals surface area (Å²) in [6.07, 6.45) is 6.01. The highest BCUT2D eigenvalue weighted by molar-refractivity contribution is 5.53. The Morgan fingerprint density at radius 1 is 1.08 bits per heavy atom. The highest BCUT2D eigenvalue weighted by Gasteiger charge is 2.29. The second-order valence-electron chi connectivity index (χ2n) is 7.47. The van der Waals surface area contributed by atoms with Crippen molar-refractivity contribution >= 4 is 11.6 Å². The number of nitrogens with zero attached hydrogens (tertiary/aromatic N) is 3. The molecule has 1 aromatic carbocycles. The van der Waals surface area contributed by atoms with E-state index >= 15 is 0 Å². The standard InChI is InChI=1S/C20H24N4O/c1-25-17-7-4-15-12-24(9-8-14(15)10-17)19-11-18(21-16-5-6-16)22-20(23-19)13-2-3-13/h4,7,10-11,13,16H,2-3,5-6,8-9,12H2,1H3,(H,21,22,23). The lowest BCUT2D eigenvalue weighted by molar-refractivity contribution is 0.413. The fourth-order valence-corrected chi connectivity index (χ4v) is 3.50. The van der Waals surface area contributed by atoms with Gasteiger partial charge in [0, 0.05) is 31.1 Å². The summed E-state index contributed by atoms with van der Waals surface area (Å²) >= 11 is 0. The molecule has 5 rings (SSSR count). The second-order valence-corrected chi connectivity index (χ2v) is 7.47. The molecule has 1 aromatic heterocycles. The van der Waals surface area contributed by atoms with Gasteiger partial charge in [-0.25, -0.2) is 9.97 Å².